The largest absolute Gasteiger partial charge is 0.508 e. The molecule has 0 amide bonds. The molecule has 3 nitrogen and oxygen atoms in total. The molecule has 2 heterocycles. The maximum Gasteiger partial charge on any atom is 0.119 e. The lowest BCUT2D eigenvalue weighted by molar-refractivity contribution is 0.239. The molecule has 0 spiro atoms. The van der Waals surface area contributed by atoms with Crippen molar-refractivity contribution in [3.63, 3.8) is 0 Å². The molecular formula is C39H58N2O. The van der Waals surface area contributed by atoms with Crippen molar-refractivity contribution in [1.82, 2.24) is 9.80 Å². The monoisotopic (exact) mass is 570 g/mol. The zero-order chi connectivity index (χ0) is 30.1. The second-order valence-electron chi connectivity index (χ2n) is 13.2. The molecule has 2 aliphatic rings. The zero-order valence-electron chi connectivity index (χ0n) is 27.4. The standard InChI is InChI=1S/C39H58N2O/c1-7-34-26-37(28-39(42)38(34)8-2)31(5)24-33-15-9-10-16-35-27-36(25-30(4)32(35)6)29(3)14-11-12-18-40-19-13-20-41(21-17-33)23-22-40/h25-28,33,42H,3,5,7-24H2,1-2,4,6H3. The van der Waals surface area contributed by atoms with Crippen LogP contribution in [-0.4, -0.2) is 54.2 Å². The van der Waals surface area contributed by atoms with Crippen LogP contribution in [0.5, 0.6) is 5.75 Å². The molecule has 2 aromatic carbocycles. The van der Waals surface area contributed by atoms with Gasteiger partial charge < -0.3 is 14.9 Å². The molecule has 1 fully saturated rings. The second-order valence-corrected chi connectivity index (χ2v) is 13.2. The maximum absolute atomic E-state index is 10.8. The second kappa shape index (κ2) is 15.9. The SMILES string of the molecule is C=C1CCCCN2CCCN(CCC(CC(=C)c3cc(O)c(CC)c(CC)c3)CCCCc3cc1cc(C)c3C)CC2. The van der Waals surface area contributed by atoms with Crippen LogP contribution in [0.1, 0.15) is 111 Å². The van der Waals surface area contributed by atoms with Crippen LogP contribution in [0, 0.1) is 19.8 Å². The van der Waals surface area contributed by atoms with Crippen LogP contribution in [0.15, 0.2) is 37.4 Å². The number of phenolic OH excluding ortho intramolecular Hbond substituents is 1. The van der Waals surface area contributed by atoms with Crippen LogP contribution in [0.25, 0.3) is 11.1 Å². The molecule has 3 atom stereocenters. The van der Waals surface area contributed by atoms with Crippen LogP contribution in [0.3, 0.4) is 0 Å². The molecular weight excluding hydrogens is 512 g/mol. The lowest BCUT2D eigenvalue weighted by Crippen LogP contribution is -2.32. The average molecular weight is 571 g/mol. The van der Waals surface area contributed by atoms with Crippen molar-refractivity contribution in [3.05, 3.63) is 76.4 Å². The first-order valence-electron chi connectivity index (χ1n) is 17.0. The number of benzene rings is 2. The Bertz CT molecular complexity index is 1210. The van der Waals surface area contributed by atoms with Crippen molar-refractivity contribution in [2.75, 3.05) is 39.3 Å². The van der Waals surface area contributed by atoms with E-state index in [4.69, 9.17) is 0 Å². The average Bonchev–Trinajstić information content (AvgIpc) is 3.21. The van der Waals surface area contributed by atoms with Crippen molar-refractivity contribution in [1.29, 1.82) is 0 Å². The molecule has 1 saturated heterocycles. The van der Waals surface area contributed by atoms with Crippen LogP contribution >= 0.6 is 0 Å². The van der Waals surface area contributed by atoms with Crippen molar-refractivity contribution in [2.45, 2.75) is 105 Å². The van der Waals surface area contributed by atoms with E-state index in [9.17, 15) is 5.11 Å². The van der Waals surface area contributed by atoms with Gasteiger partial charge in [0, 0.05) is 13.1 Å². The molecule has 230 valence electrons. The summed E-state index contributed by atoms with van der Waals surface area (Å²) in [5.74, 6) is 1.06. The minimum Gasteiger partial charge on any atom is -0.508 e. The quantitative estimate of drug-likeness (QED) is 0.388. The van der Waals surface area contributed by atoms with E-state index < -0.39 is 0 Å². The fourth-order valence-corrected chi connectivity index (χ4v) is 7.26. The molecule has 1 N–H and O–H groups in total. The molecule has 4 bridgehead atoms. The van der Waals surface area contributed by atoms with Gasteiger partial charge in [-0.2, -0.15) is 0 Å². The molecule has 2 aromatic rings. The third-order valence-electron chi connectivity index (χ3n) is 10.2. The van der Waals surface area contributed by atoms with E-state index in [2.05, 4.69) is 68.9 Å². The number of fused-ring (bicyclic) bond motifs is 5. The molecule has 3 unspecified atom stereocenters. The Balaban J connectivity index is 1.50. The lowest BCUT2D eigenvalue weighted by Gasteiger charge is -2.25. The third kappa shape index (κ3) is 8.83. The van der Waals surface area contributed by atoms with Gasteiger partial charge in [-0.3, -0.25) is 0 Å². The molecule has 0 aliphatic carbocycles. The molecule has 0 saturated carbocycles. The van der Waals surface area contributed by atoms with Crippen LogP contribution in [-0.2, 0) is 19.3 Å². The number of hydrogen-bond acceptors (Lipinski definition) is 3. The van der Waals surface area contributed by atoms with Crippen molar-refractivity contribution >= 4 is 11.1 Å². The summed E-state index contributed by atoms with van der Waals surface area (Å²) in [5, 5.41) is 10.8. The first-order chi connectivity index (χ1) is 20.3. The summed E-state index contributed by atoms with van der Waals surface area (Å²) >= 11 is 0. The molecule has 3 heteroatoms. The Kier molecular flexibility index (Phi) is 12.3. The predicted octanol–water partition coefficient (Wildman–Crippen LogP) is 9.16. The minimum atomic E-state index is 0.443. The highest BCUT2D eigenvalue weighted by molar-refractivity contribution is 5.67. The van der Waals surface area contributed by atoms with Gasteiger partial charge in [0.2, 0.25) is 0 Å². The van der Waals surface area contributed by atoms with E-state index in [1.807, 2.05) is 6.07 Å². The van der Waals surface area contributed by atoms with E-state index in [1.165, 1.54) is 123 Å². The normalized spacial score (nSPS) is 23.0. The summed E-state index contributed by atoms with van der Waals surface area (Å²) in [6.45, 7) is 25.2. The lowest BCUT2D eigenvalue weighted by atomic mass is 9.86. The van der Waals surface area contributed by atoms with Gasteiger partial charge in [0.05, 0.1) is 0 Å². The summed E-state index contributed by atoms with van der Waals surface area (Å²) < 4.78 is 0. The van der Waals surface area contributed by atoms with Gasteiger partial charge in [-0.15, -0.1) is 0 Å². The topological polar surface area (TPSA) is 26.7 Å². The van der Waals surface area contributed by atoms with E-state index >= 15 is 0 Å². The molecule has 0 radical (unpaired) electrons. The number of phenols is 1. The summed E-state index contributed by atoms with van der Waals surface area (Å²) in [6.07, 6.45) is 13.8. The van der Waals surface area contributed by atoms with E-state index in [0.29, 0.717) is 11.7 Å². The molecule has 4 rings (SSSR count). The number of nitrogens with zero attached hydrogens (tertiary/aromatic N) is 2. The molecule has 2 aliphatic heterocycles. The third-order valence-corrected chi connectivity index (χ3v) is 10.2. The first kappa shape index (κ1) is 32.6. The van der Waals surface area contributed by atoms with Crippen molar-refractivity contribution in [3.8, 4) is 5.75 Å². The van der Waals surface area contributed by atoms with Gasteiger partial charge in [-0.1, -0.05) is 58.0 Å². The number of hydrogen-bond donors (Lipinski definition) is 1. The van der Waals surface area contributed by atoms with Gasteiger partial charge in [0.15, 0.2) is 0 Å². The van der Waals surface area contributed by atoms with Crippen LogP contribution < -0.4 is 0 Å². The highest BCUT2D eigenvalue weighted by Gasteiger charge is 2.19. The Hall–Kier alpha value is -2.36. The number of rotatable bonds is 5. The highest BCUT2D eigenvalue weighted by Crippen LogP contribution is 2.33. The summed E-state index contributed by atoms with van der Waals surface area (Å²) in [6, 6.07) is 9.07. The number of aryl methyl sites for hydroxylation is 3. The van der Waals surface area contributed by atoms with E-state index in [1.54, 1.807) is 0 Å². The number of allylic oxidation sites excluding steroid dienone is 2. The highest BCUT2D eigenvalue weighted by atomic mass is 16.3. The van der Waals surface area contributed by atoms with Crippen LogP contribution in [0.2, 0.25) is 0 Å². The minimum absolute atomic E-state index is 0.443. The van der Waals surface area contributed by atoms with E-state index in [0.717, 1.165) is 43.2 Å². The Morgan fingerprint density at radius 2 is 1.52 bits per heavy atom. The smallest absolute Gasteiger partial charge is 0.119 e. The zero-order valence-corrected chi connectivity index (χ0v) is 27.4. The van der Waals surface area contributed by atoms with Gasteiger partial charge in [0.1, 0.15) is 5.75 Å². The maximum atomic E-state index is 10.8. The van der Waals surface area contributed by atoms with Gasteiger partial charge in [0.25, 0.3) is 0 Å². The Labute approximate surface area is 257 Å². The summed E-state index contributed by atoms with van der Waals surface area (Å²) in [4.78, 5) is 5.42. The van der Waals surface area contributed by atoms with Gasteiger partial charge in [-0.05, 0) is 166 Å². The summed E-state index contributed by atoms with van der Waals surface area (Å²) in [5.41, 5.74) is 11.7. The van der Waals surface area contributed by atoms with Crippen molar-refractivity contribution < 1.29 is 5.11 Å². The number of aromatic hydroxyl groups is 1. The molecule has 42 heavy (non-hydrogen) atoms. The Morgan fingerprint density at radius 1 is 0.810 bits per heavy atom. The van der Waals surface area contributed by atoms with Crippen LogP contribution in [0.4, 0.5) is 0 Å². The molecule has 0 aromatic heterocycles. The van der Waals surface area contributed by atoms with Gasteiger partial charge >= 0.3 is 0 Å². The Morgan fingerprint density at radius 3 is 2.26 bits per heavy atom. The van der Waals surface area contributed by atoms with E-state index in [-0.39, 0.29) is 0 Å². The van der Waals surface area contributed by atoms with Gasteiger partial charge in [-0.25, -0.2) is 0 Å². The fourth-order valence-electron chi connectivity index (χ4n) is 7.26. The van der Waals surface area contributed by atoms with Crippen molar-refractivity contribution in [2.24, 2.45) is 5.92 Å². The summed E-state index contributed by atoms with van der Waals surface area (Å²) in [7, 11) is 0. The first-order valence-corrected chi connectivity index (χ1v) is 17.0. The fraction of sp³-hybridized carbons (Fsp3) is 0.590. The predicted molar refractivity (Wildman–Crippen MR) is 182 cm³/mol.